The average molecular weight is 334 g/mol. The topological polar surface area (TPSA) is 81.9 Å². The molecule has 0 aliphatic carbocycles. The van der Waals surface area contributed by atoms with Crippen LogP contribution in [0.5, 0.6) is 5.75 Å². The Morgan fingerprint density at radius 2 is 2.04 bits per heavy atom. The van der Waals surface area contributed by atoms with Crippen LogP contribution in [-0.2, 0) is 4.74 Å². The molecule has 0 atom stereocenters. The molecule has 24 heavy (non-hydrogen) atoms. The predicted molar refractivity (Wildman–Crippen MR) is 90.0 cm³/mol. The van der Waals surface area contributed by atoms with Gasteiger partial charge in [-0.1, -0.05) is 6.08 Å². The third kappa shape index (κ3) is 4.24. The molecule has 1 heterocycles. The van der Waals surface area contributed by atoms with Crippen LogP contribution in [0.15, 0.2) is 24.3 Å². The Hall–Kier alpha value is -2.57. The van der Waals surface area contributed by atoms with E-state index < -0.39 is 10.5 Å². The maximum atomic E-state index is 12.1. The largest absolute Gasteiger partial charge is 0.496 e. The molecule has 0 radical (unpaired) electrons. The second-order valence-electron chi connectivity index (χ2n) is 6.55. The monoisotopic (exact) mass is 334 g/mol. The van der Waals surface area contributed by atoms with Gasteiger partial charge in [-0.25, -0.2) is 4.79 Å². The molecule has 2 rings (SSSR count). The minimum absolute atomic E-state index is 0.0151. The highest BCUT2D eigenvalue weighted by Gasteiger charge is 2.25. The van der Waals surface area contributed by atoms with Crippen LogP contribution in [0.1, 0.15) is 32.8 Å². The van der Waals surface area contributed by atoms with Crippen LogP contribution >= 0.6 is 0 Å². The summed E-state index contributed by atoms with van der Waals surface area (Å²) in [5, 5.41) is 11.0. The summed E-state index contributed by atoms with van der Waals surface area (Å²) in [5.41, 5.74) is 1.09. The lowest BCUT2D eigenvalue weighted by Crippen LogP contribution is -2.39. The van der Waals surface area contributed by atoms with Crippen molar-refractivity contribution < 1.29 is 19.2 Å². The standard InChI is InChI=1S/C17H22N2O5/c1-17(2,3)24-16(20)18-9-7-12(8-10-18)14-11-13(19(21)22)5-6-15(14)23-4/h5-7,11H,8-10H2,1-4H3. The van der Waals surface area contributed by atoms with Gasteiger partial charge in [-0.15, -0.1) is 0 Å². The highest BCUT2D eigenvalue weighted by Crippen LogP contribution is 2.33. The van der Waals surface area contributed by atoms with Crippen LogP contribution < -0.4 is 4.74 Å². The summed E-state index contributed by atoms with van der Waals surface area (Å²) in [5.74, 6) is 0.581. The highest BCUT2D eigenvalue weighted by molar-refractivity contribution is 5.76. The minimum Gasteiger partial charge on any atom is -0.496 e. The van der Waals surface area contributed by atoms with Crippen molar-refractivity contribution in [3.8, 4) is 5.75 Å². The van der Waals surface area contributed by atoms with Crippen molar-refractivity contribution in [1.82, 2.24) is 4.90 Å². The molecule has 130 valence electrons. The number of amides is 1. The predicted octanol–water partition coefficient (Wildman–Crippen LogP) is 3.63. The van der Waals surface area contributed by atoms with Gasteiger partial charge in [0.25, 0.3) is 5.69 Å². The Morgan fingerprint density at radius 1 is 1.33 bits per heavy atom. The number of carbonyl (C=O) groups excluding carboxylic acids is 1. The Labute approximate surface area is 141 Å². The molecule has 1 aromatic rings. The van der Waals surface area contributed by atoms with Gasteiger partial charge in [0.05, 0.1) is 12.0 Å². The van der Waals surface area contributed by atoms with E-state index in [1.807, 2.05) is 26.8 Å². The summed E-state index contributed by atoms with van der Waals surface area (Å²) < 4.78 is 10.7. The van der Waals surface area contributed by atoms with Crippen molar-refractivity contribution in [3.63, 3.8) is 0 Å². The van der Waals surface area contributed by atoms with Crippen LogP contribution in [0, 0.1) is 10.1 Å². The zero-order valence-electron chi connectivity index (χ0n) is 14.4. The van der Waals surface area contributed by atoms with Crippen LogP contribution in [0.2, 0.25) is 0 Å². The number of methoxy groups -OCH3 is 1. The van der Waals surface area contributed by atoms with Gasteiger partial charge in [-0.2, -0.15) is 0 Å². The Kier molecular flexibility index (Phi) is 5.11. The van der Waals surface area contributed by atoms with Gasteiger partial charge in [0, 0.05) is 30.8 Å². The quantitative estimate of drug-likeness (QED) is 0.623. The lowest BCUT2D eigenvalue weighted by molar-refractivity contribution is -0.384. The molecule has 0 aromatic heterocycles. The average Bonchev–Trinajstić information content (AvgIpc) is 2.52. The zero-order chi connectivity index (χ0) is 17.9. The van der Waals surface area contributed by atoms with E-state index in [0.29, 0.717) is 30.8 Å². The fourth-order valence-electron chi connectivity index (χ4n) is 2.47. The lowest BCUT2D eigenvalue weighted by atomic mass is 9.98. The molecule has 0 unspecified atom stereocenters. The molecule has 0 saturated heterocycles. The van der Waals surface area contributed by atoms with E-state index in [1.165, 1.54) is 19.2 Å². The number of nitro benzene ring substituents is 1. The normalized spacial score (nSPS) is 14.8. The van der Waals surface area contributed by atoms with Gasteiger partial charge >= 0.3 is 6.09 Å². The van der Waals surface area contributed by atoms with Crippen LogP contribution in [0.25, 0.3) is 5.57 Å². The first-order valence-corrected chi connectivity index (χ1v) is 7.71. The van der Waals surface area contributed by atoms with Crippen LogP contribution in [-0.4, -0.2) is 41.7 Å². The molecule has 0 saturated carbocycles. The second-order valence-corrected chi connectivity index (χ2v) is 6.55. The molecule has 7 heteroatoms. The fraction of sp³-hybridized carbons (Fsp3) is 0.471. The van der Waals surface area contributed by atoms with Crippen LogP contribution in [0.4, 0.5) is 10.5 Å². The Balaban J connectivity index is 2.19. The van der Waals surface area contributed by atoms with Gasteiger partial charge in [0.15, 0.2) is 0 Å². The van der Waals surface area contributed by atoms with E-state index in [0.717, 1.165) is 5.57 Å². The third-order valence-corrected chi connectivity index (χ3v) is 3.60. The first-order valence-electron chi connectivity index (χ1n) is 7.71. The summed E-state index contributed by atoms with van der Waals surface area (Å²) in [4.78, 5) is 24.2. The Bertz CT molecular complexity index is 676. The molecule has 0 spiro atoms. The van der Waals surface area contributed by atoms with Gasteiger partial charge in [0.2, 0.25) is 0 Å². The van der Waals surface area contributed by atoms with Crippen LogP contribution in [0.3, 0.4) is 0 Å². The van der Waals surface area contributed by atoms with Gasteiger partial charge < -0.3 is 14.4 Å². The third-order valence-electron chi connectivity index (χ3n) is 3.60. The first-order chi connectivity index (χ1) is 11.2. The summed E-state index contributed by atoms with van der Waals surface area (Å²) >= 11 is 0. The van der Waals surface area contributed by atoms with E-state index in [2.05, 4.69) is 0 Å². The van der Waals surface area contributed by atoms with Crippen molar-refractivity contribution in [1.29, 1.82) is 0 Å². The van der Waals surface area contributed by atoms with E-state index >= 15 is 0 Å². The molecule has 0 N–H and O–H groups in total. The number of nitro groups is 1. The van der Waals surface area contributed by atoms with Gasteiger partial charge in [0.1, 0.15) is 11.4 Å². The number of carbonyl (C=O) groups is 1. The number of non-ortho nitro benzene ring substituents is 1. The van der Waals surface area contributed by atoms with Crippen molar-refractivity contribution in [2.75, 3.05) is 20.2 Å². The SMILES string of the molecule is COc1ccc([N+](=O)[O-])cc1C1=CCN(C(=O)OC(C)(C)C)CC1. The van der Waals surface area contributed by atoms with E-state index in [1.54, 1.807) is 11.0 Å². The number of nitrogens with zero attached hydrogens (tertiary/aromatic N) is 2. The zero-order valence-corrected chi connectivity index (χ0v) is 14.4. The number of rotatable bonds is 3. The lowest BCUT2D eigenvalue weighted by Gasteiger charge is -2.29. The summed E-state index contributed by atoms with van der Waals surface area (Å²) in [7, 11) is 1.53. The summed E-state index contributed by atoms with van der Waals surface area (Å²) in [6.07, 6.45) is 2.11. The molecule has 1 amide bonds. The summed E-state index contributed by atoms with van der Waals surface area (Å²) in [6.45, 7) is 6.36. The molecule has 1 aliphatic heterocycles. The maximum Gasteiger partial charge on any atom is 0.410 e. The molecule has 7 nitrogen and oxygen atoms in total. The molecule has 0 fully saturated rings. The number of ether oxygens (including phenoxy) is 2. The first kappa shape index (κ1) is 17.8. The smallest absolute Gasteiger partial charge is 0.410 e. The van der Waals surface area contributed by atoms with Gasteiger partial charge in [-0.05, 0) is 38.8 Å². The van der Waals surface area contributed by atoms with Crippen molar-refractivity contribution in [3.05, 3.63) is 40.0 Å². The fourth-order valence-corrected chi connectivity index (χ4v) is 2.47. The molecule has 1 aromatic carbocycles. The molecule has 0 bridgehead atoms. The van der Waals surface area contributed by atoms with E-state index in [-0.39, 0.29) is 11.8 Å². The van der Waals surface area contributed by atoms with E-state index in [9.17, 15) is 14.9 Å². The Morgan fingerprint density at radius 3 is 2.54 bits per heavy atom. The number of hydrogen-bond acceptors (Lipinski definition) is 5. The number of hydrogen-bond donors (Lipinski definition) is 0. The van der Waals surface area contributed by atoms with Crippen molar-refractivity contribution in [2.45, 2.75) is 32.8 Å². The molecule has 1 aliphatic rings. The highest BCUT2D eigenvalue weighted by atomic mass is 16.6. The van der Waals surface area contributed by atoms with E-state index in [4.69, 9.17) is 9.47 Å². The maximum absolute atomic E-state index is 12.1. The van der Waals surface area contributed by atoms with Crippen molar-refractivity contribution >= 4 is 17.4 Å². The minimum atomic E-state index is -0.537. The number of benzene rings is 1. The molecular weight excluding hydrogens is 312 g/mol. The summed E-state index contributed by atoms with van der Waals surface area (Å²) in [6, 6.07) is 4.51. The second kappa shape index (κ2) is 6.90. The molecular formula is C17H22N2O5. The van der Waals surface area contributed by atoms with Crippen molar-refractivity contribution in [2.24, 2.45) is 0 Å². The van der Waals surface area contributed by atoms with Gasteiger partial charge in [-0.3, -0.25) is 10.1 Å².